The van der Waals surface area contributed by atoms with E-state index in [2.05, 4.69) is 38.9 Å². The predicted molar refractivity (Wildman–Crippen MR) is 172 cm³/mol. The van der Waals surface area contributed by atoms with Crippen LogP contribution in [-0.2, 0) is 0 Å². The van der Waals surface area contributed by atoms with E-state index >= 15 is 0 Å². The molecule has 0 radical (unpaired) electrons. The molecule has 0 fully saturated rings. The smallest absolute Gasteiger partial charge is 0.347 e. The zero-order chi connectivity index (χ0) is 33.5. The Kier molecular flexibility index (Phi) is 14.1. The number of hydrogen-bond donors (Lipinski definition) is 5. The zero-order valence-corrected chi connectivity index (χ0v) is 25.8. The lowest BCUT2D eigenvalue weighted by atomic mass is 9.85. The second-order valence-electron chi connectivity index (χ2n) is 10.4. The molecule has 10 nitrogen and oxygen atoms in total. The molecule has 0 saturated carbocycles. The maximum Gasteiger partial charge on any atom is 0.347 e. The normalized spacial score (nSPS) is 11.6. The van der Waals surface area contributed by atoms with E-state index in [1.807, 2.05) is 12.1 Å². The summed E-state index contributed by atoms with van der Waals surface area (Å²) < 4.78 is 4.99. The Hall–Kier alpha value is -5.35. The number of benzene rings is 4. The first-order valence-electron chi connectivity index (χ1n) is 14.2. The van der Waals surface area contributed by atoms with Gasteiger partial charge in [-0.15, -0.1) is 0 Å². The van der Waals surface area contributed by atoms with E-state index < -0.39 is 17.8 Å². The molecule has 0 aliphatic heterocycles. The molecule has 0 aliphatic carbocycles. The van der Waals surface area contributed by atoms with Crippen molar-refractivity contribution >= 4 is 17.8 Å². The van der Waals surface area contributed by atoms with Gasteiger partial charge in [-0.2, -0.15) is 0 Å². The number of rotatable bonds is 9. The van der Waals surface area contributed by atoms with Gasteiger partial charge >= 0.3 is 11.9 Å². The van der Waals surface area contributed by atoms with E-state index in [-0.39, 0.29) is 33.9 Å². The minimum absolute atomic E-state index is 0.0253. The van der Waals surface area contributed by atoms with Crippen LogP contribution in [0.25, 0.3) is 0 Å². The average Bonchev–Trinajstić information content (AvgIpc) is 2.98. The van der Waals surface area contributed by atoms with Gasteiger partial charge in [0.25, 0.3) is 5.91 Å². The standard InChI is InChI=1S/C14H23NO.C14H10O5.C7H7NO2/c1-5-14(11(2)10-15(3)4)12-7-6-8-13(16)9-12;15-11-7-3-1-5-9(11)14(18)19-12-8-4-2-6-10(12)13(16)17;8-7(10)5-3-1-2-4-6(5)9/h6-9,11,14,16H,5,10H2,1-4H3;1-8,15H,(H,16,17);1-4,9H,(H2,8,10)/t11-,14+;;/m0../s1. The number of para-hydroxylation sites is 3. The molecule has 1 amide bonds. The molecule has 0 aliphatic rings. The largest absolute Gasteiger partial charge is 0.508 e. The molecular formula is C35H40N2O8. The average molecular weight is 617 g/mol. The minimum atomic E-state index is -1.19. The van der Waals surface area contributed by atoms with E-state index in [4.69, 9.17) is 20.7 Å². The van der Waals surface area contributed by atoms with E-state index in [0.29, 0.717) is 17.6 Å². The highest BCUT2D eigenvalue weighted by molar-refractivity contribution is 5.97. The summed E-state index contributed by atoms with van der Waals surface area (Å²) in [5, 5.41) is 37.0. The van der Waals surface area contributed by atoms with Crippen LogP contribution in [0.4, 0.5) is 0 Å². The molecule has 4 aromatic rings. The van der Waals surface area contributed by atoms with Crippen LogP contribution in [0.1, 0.15) is 62.8 Å². The topological polar surface area (TPSA) is 171 Å². The van der Waals surface area contributed by atoms with E-state index in [0.717, 1.165) is 13.0 Å². The molecule has 6 N–H and O–H groups in total. The Labute approximate surface area is 263 Å². The lowest BCUT2D eigenvalue weighted by molar-refractivity contribution is 0.0680. The van der Waals surface area contributed by atoms with Gasteiger partial charge in [0.1, 0.15) is 34.1 Å². The molecule has 0 heterocycles. The number of aromatic hydroxyl groups is 3. The number of hydrogen-bond acceptors (Lipinski definition) is 8. The summed E-state index contributed by atoms with van der Waals surface area (Å²) >= 11 is 0. The summed E-state index contributed by atoms with van der Waals surface area (Å²) in [6.45, 7) is 5.56. The second-order valence-corrected chi connectivity index (χ2v) is 10.4. The number of ether oxygens (including phenoxy) is 1. The number of esters is 1. The van der Waals surface area contributed by atoms with Gasteiger partial charge in [0.2, 0.25) is 0 Å². The van der Waals surface area contributed by atoms with Crippen molar-refractivity contribution in [1.82, 2.24) is 4.90 Å². The highest BCUT2D eigenvalue weighted by Gasteiger charge is 2.19. The fourth-order valence-electron chi connectivity index (χ4n) is 4.64. The summed E-state index contributed by atoms with van der Waals surface area (Å²) in [6, 6.07) is 25.5. The second kappa shape index (κ2) is 17.7. The van der Waals surface area contributed by atoms with Crippen molar-refractivity contribution in [2.45, 2.75) is 26.2 Å². The maximum absolute atomic E-state index is 11.8. The first-order chi connectivity index (χ1) is 21.3. The third kappa shape index (κ3) is 11.3. The lowest BCUT2D eigenvalue weighted by Crippen LogP contribution is -2.24. The molecular weight excluding hydrogens is 576 g/mol. The first kappa shape index (κ1) is 35.8. The van der Waals surface area contributed by atoms with E-state index in [1.54, 1.807) is 36.4 Å². The monoisotopic (exact) mass is 616 g/mol. The number of amides is 1. The first-order valence-corrected chi connectivity index (χ1v) is 14.2. The molecule has 4 rings (SSSR count). The fourth-order valence-corrected chi connectivity index (χ4v) is 4.64. The molecule has 2 atom stereocenters. The van der Waals surface area contributed by atoms with Crippen molar-refractivity contribution in [3.63, 3.8) is 0 Å². The van der Waals surface area contributed by atoms with Gasteiger partial charge in [-0.25, -0.2) is 9.59 Å². The molecule has 0 aromatic heterocycles. The van der Waals surface area contributed by atoms with Crippen LogP contribution in [0.3, 0.4) is 0 Å². The number of nitrogens with two attached hydrogens (primary N) is 1. The van der Waals surface area contributed by atoms with Crippen LogP contribution >= 0.6 is 0 Å². The number of carbonyl (C=O) groups is 3. The van der Waals surface area contributed by atoms with Gasteiger partial charge in [-0.05, 0) is 86.4 Å². The van der Waals surface area contributed by atoms with Crippen molar-refractivity contribution in [3.8, 4) is 23.0 Å². The van der Waals surface area contributed by atoms with Crippen LogP contribution in [0.15, 0.2) is 97.1 Å². The van der Waals surface area contributed by atoms with Crippen molar-refractivity contribution in [1.29, 1.82) is 0 Å². The molecule has 45 heavy (non-hydrogen) atoms. The van der Waals surface area contributed by atoms with Crippen LogP contribution < -0.4 is 10.5 Å². The number of carboxylic acids is 1. The summed E-state index contributed by atoms with van der Waals surface area (Å²) in [4.78, 5) is 35.5. The SMILES string of the molecule is CC[C@@H](c1cccc(O)c1)[C@@H](C)CN(C)C.NC(=O)c1ccccc1O.O=C(Oc1ccccc1C(=O)O)c1ccccc1O. The fraction of sp³-hybridized carbons (Fsp3) is 0.229. The molecule has 0 spiro atoms. The molecule has 10 heteroatoms. The van der Waals surface area contributed by atoms with Crippen LogP contribution in [0.2, 0.25) is 0 Å². The Morgan fingerprint density at radius 3 is 1.78 bits per heavy atom. The number of phenols is 3. The van der Waals surface area contributed by atoms with Crippen molar-refractivity contribution in [2.75, 3.05) is 20.6 Å². The highest BCUT2D eigenvalue weighted by Crippen LogP contribution is 2.30. The number of carbonyl (C=O) groups excluding carboxylic acids is 2. The Morgan fingerprint density at radius 1 is 0.778 bits per heavy atom. The van der Waals surface area contributed by atoms with Gasteiger partial charge in [-0.1, -0.05) is 62.4 Å². The third-order valence-electron chi connectivity index (χ3n) is 6.69. The Morgan fingerprint density at radius 2 is 1.31 bits per heavy atom. The number of primary amides is 1. The predicted octanol–water partition coefficient (Wildman–Crippen LogP) is 5.88. The molecule has 238 valence electrons. The lowest BCUT2D eigenvalue weighted by Gasteiger charge is -2.26. The number of aromatic carboxylic acids is 1. The van der Waals surface area contributed by atoms with Gasteiger partial charge in [-0.3, -0.25) is 4.79 Å². The number of phenolic OH excluding ortho intramolecular Hbond substituents is 2. The van der Waals surface area contributed by atoms with Gasteiger partial charge < -0.3 is 35.8 Å². The molecule has 0 bridgehead atoms. The van der Waals surface area contributed by atoms with Crippen molar-refractivity contribution < 1.29 is 39.5 Å². The van der Waals surface area contributed by atoms with Crippen molar-refractivity contribution in [2.24, 2.45) is 11.7 Å². The molecule has 4 aromatic carbocycles. The zero-order valence-electron chi connectivity index (χ0n) is 25.8. The summed E-state index contributed by atoms with van der Waals surface area (Å²) in [7, 11) is 4.21. The highest BCUT2D eigenvalue weighted by atomic mass is 16.5. The van der Waals surface area contributed by atoms with Crippen LogP contribution in [-0.4, -0.2) is 63.8 Å². The maximum atomic E-state index is 11.8. The van der Waals surface area contributed by atoms with Gasteiger partial charge in [0.05, 0.1) is 5.56 Å². The van der Waals surface area contributed by atoms with E-state index in [1.165, 1.54) is 48.0 Å². The summed E-state index contributed by atoms with van der Waals surface area (Å²) in [6.07, 6.45) is 1.11. The van der Waals surface area contributed by atoms with Gasteiger partial charge in [0.15, 0.2) is 0 Å². The Bertz CT molecular complexity index is 1570. The van der Waals surface area contributed by atoms with Crippen LogP contribution in [0, 0.1) is 5.92 Å². The van der Waals surface area contributed by atoms with Crippen molar-refractivity contribution in [3.05, 3.63) is 119 Å². The van der Waals surface area contributed by atoms with Crippen LogP contribution in [0.5, 0.6) is 23.0 Å². The van der Waals surface area contributed by atoms with Gasteiger partial charge in [0, 0.05) is 6.54 Å². The summed E-state index contributed by atoms with van der Waals surface area (Å²) in [5.74, 6) is -1.49. The third-order valence-corrected chi connectivity index (χ3v) is 6.69. The summed E-state index contributed by atoms with van der Waals surface area (Å²) in [5.41, 5.74) is 6.17. The van der Waals surface area contributed by atoms with E-state index in [9.17, 15) is 24.6 Å². The Balaban J connectivity index is 0.000000246. The molecule has 0 unspecified atom stereocenters. The number of carboxylic acid groups (broad SMARTS) is 1. The molecule has 0 saturated heterocycles. The number of nitrogens with zero attached hydrogens (tertiary/aromatic N) is 1. The minimum Gasteiger partial charge on any atom is -0.508 e. The quantitative estimate of drug-likeness (QED) is 0.114.